The molecule has 5 rings (SSSR count). The fourth-order valence-electron chi connectivity index (χ4n) is 6.30. The number of ether oxygens (including phenoxy) is 3. The highest BCUT2D eigenvalue weighted by atomic mass is 32.2. The fraction of sp³-hybridized carbons (Fsp3) is 0.400. The molecule has 3 aromatic carbocycles. The van der Waals surface area contributed by atoms with Gasteiger partial charge in [0, 0.05) is 30.0 Å². The van der Waals surface area contributed by atoms with Crippen molar-refractivity contribution in [1.82, 2.24) is 10.2 Å². The van der Waals surface area contributed by atoms with Crippen LogP contribution in [0.5, 0.6) is 11.5 Å². The first-order valence-corrected chi connectivity index (χ1v) is 17.4. The number of carbonyl (C=O) groups excluding carboxylic acids is 3. The minimum Gasteiger partial charge on any atom is -0.493 e. The molecule has 2 aliphatic rings. The van der Waals surface area contributed by atoms with Crippen LogP contribution in [0.25, 0.3) is 0 Å². The number of anilines is 2. The van der Waals surface area contributed by atoms with E-state index in [-0.39, 0.29) is 22.6 Å². The van der Waals surface area contributed by atoms with Crippen LogP contribution >= 0.6 is 0 Å². The third kappa shape index (κ3) is 6.77. The van der Waals surface area contributed by atoms with Crippen LogP contribution in [0.1, 0.15) is 78.7 Å². The zero-order chi connectivity index (χ0) is 34.7. The molecule has 3 amide bonds. The lowest BCUT2D eigenvalue weighted by molar-refractivity contribution is -0.133. The van der Waals surface area contributed by atoms with E-state index in [1.807, 2.05) is 19.1 Å². The Kier molecular flexibility index (Phi) is 10.2. The Balaban J connectivity index is 1.59. The summed E-state index contributed by atoms with van der Waals surface area (Å²) in [5, 5.41) is 8.17. The second kappa shape index (κ2) is 14.1. The third-order valence-electron chi connectivity index (χ3n) is 8.96. The number of likely N-dealkylation sites (tertiary alicyclic amines) is 1. The summed E-state index contributed by atoms with van der Waals surface area (Å²) in [6, 6.07) is 13.7. The van der Waals surface area contributed by atoms with Crippen LogP contribution in [0.2, 0.25) is 0 Å². The minimum atomic E-state index is -3.77. The fourth-order valence-corrected chi connectivity index (χ4v) is 7.59. The van der Waals surface area contributed by atoms with Crippen molar-refractivity contribution >= 4 is 39.1 Å². The average molecular weight is 679 g/mol. The van der Waals surface area contributed by atoms with Crippen LogP contribution in [0.4, 0.5) is 16.2 Å². The summed E-state index contributed by atoms with van der Waals surface area (Å²) in [6.45, 7) is 6.17. The Morgan fingerprint density at radius 2 is 1.67 bits per heavy atom. The van der Waals surface area contributed by atoms with E-state index < -0.39 is 33.3 Å². The van der Waals surface area contributed by atoms with E-state index in [1.165, 1.54) is 33.5 Å². The van der Waals surface area contributed by atoms with E-state index in [0.29, 0.717) is 65.5 Å². The number of nitrogens with one attached hydrogen (secondary N) is 3. The van der Waals surface area contributed by atoms with Gasteiger partial charge in [-0.3, -0.25) is 14.9 Å². The molecule has 256 valence electrons. The Morgan fingerprint density at radius 1 is 0.938 bits per heavy atom. The molecule has 1 fully saturated rings. The van der Waals surface area contributed by atoms with Crippen LogP contribution in [0.3, 0.4) is 0 Å². The molecule has 2 heterocycles. The normalized spacial score (nSPS) is 18.1. The average Bonchev–Trinajstić information content (AvgIpc) is 3.58. The molecule has 0 radical (unpaired) electrons. The topological polar surface area (TPSA) is 152 Å². The standard InChI is InChI=1S/C35H42N4O8S/c1-20(2)48(43,44)31-14-11-24(38-35(42)47-6)18-27(31)28-8-7-15-39(28)34(41)32(22-9-13-29(45-4)30(16-22)46-5)37-23-10-12-25-21(3)19-36-33(40)26(25)17-23/h9-14,16-18,20-21,28,32,37H,7-8,15,19H2,1-6H3,(H,36,40)(H,38,42)/t21-,28+,32+/m0/s1. The first kappa shape index (κ1) is 34.6. The van der Waals surface area contributed by atoms with E-state index in [1.54, 1.807) is 49.1 Å². The molecular formula is C35H42N4O8S. The number of hydrogen-bond donors (Lipinski definition) is 3. The maximum absolute atomic E-state index is 14.8. The Morgan fingerprint density at radius 3 is 2.35 bits per heavy atom. The third-order valence-corrected chi connectivity index (χ3v) is 11.2. The van der Waals surface area contributed by atoms with Crippen LogP contribution in [-0.4, -0.2) is 70.9 Å². The first-order valence-electron chi connectivity index (χ1n) is 15.8. The van der Waals surface area contributed by atoms with Crippen LogP contribution in [-0.2, 0) is 19.4 Å². The Labute approximate surface area is 281 Å². The molecule has 1 saturated heterocycles. The molecular weight excluding hydrogens is 636 g/mol. The number of carbonyl (C=O) groups is 3. The molecule has 2 aliphatic heterocycles. The van der Waals surface area contributed by atoms with Gasteiger partial charge in [-0.1, -0.05) is 19.1 Å². The smallest absolute Gasteiger partial charge is 0.411 e. The van der Waals surface area contributed by atoms with Crippen molar-refractivity contribution < 1.29 is 37.0 Å². The predicted molar refractivity (Wildman–Crippen MR) is 182 cm³/mol. The van der Waals surface area contributed by atoms with E-state index in [4.69, 9.17) is 14.2 Å². The minimum absolute atomic E-state index is 0.100. The highest BCUT2D eigenvalue weighted by Crippen LogP contribution is 2.41. The highest BCUT2D eigenvalue weighted by Gasteiger charge is 2.38. The van der Waals surface area contributed by atoms with Gasteiger partial charge in [0.05, 0.1) is 37.5 Å². The van der Waals surface area contributed by atoms with Crippen LogP contribution in [0, 0.1) is 0 Å². The van der Waals surface area contributed by atoms with Gasteiger partial charge in [-0.05, 0) is 91.8 Å². The summed E-state index contributed by atoms with van der Waals surface area (Å²) in [6.07, 6.45) is 0.427. The van der Waals surface area contributed by atoms with Crippen molar-refractivity contribution in [3.63, 3.8) is 0 Å². The molecule has 3 atom stereocenters. The second-order valence-corrected chi connectivity index (χ2v) is 14.7. The lowest BCUT2D eigenvalue weighted by Crippen LogP contribution is -2.38. The number of benzene rings is 3. The number of amides is 3. The number of rotatable bonds is 10. The highest BCUT2D eigenvalue weighted by molar-refractivity contribution is 7.92. The molecule has 0 aliphatic carbocycles. The molecule has 3 N–H and O–H groups in total. The quantitative estimate of drug-likeness (QED) is 0.255. The molecule has 0 bridgehead atoms. The van der Waals surface area contributed by atoms with Gasteiger partial charge in [0.1, 0.15) is 6.04 Å². The maximum Gasteiger partial charge on any atom is 0.411 e. The van der Waals surface area contributed by atoms with Crippen molar-refractivity contribution in [3.05, 3.63) is 76.9 Å². The van der Waals surface area contributed by atoms with Crippen molar-refractivity contribution in [2.75, 3.05) is 45.1 Å². The molecule has 0 aromatic heterocycles. The van der Waals surface area contributed by atoms with Gasteiger partial charge < -0.3 is 29.7 Å². The molecule has 0 unspecified atom stereocenters. The summed E-state index contributed by atoms with van der Waals surface area (Å²) < 4.78 is 42.9. The molecule has 0 spiro atoms. The number of methoxy groups -OCH3 is 3. The van der Waals surface area contributed by atoms with Gasteiger partial charge in [0.25, 0.3) is 5.91 Å². The predicted octanol–water partition coefficient (Wildman–Crippen LogP) is 5.43. The number of nitrogens with zero attached hydrogens (tertiary/aromatic N) is 1. The molecule has 3 aromatic rings. The number of fused-ring (bicyclic) bond motifs is 1. The van der Waals surface area contributed by atoms with E-state index in [9.17, 15) is 22.8 Å². The lowest BCUT2D eigenvalue weighted by Gasteiger charge is -2.32. The molecule has 12 nitrogen and oxygen atoms in total. The number of sulfone groups is 1. The number of hydrogen-bond acceptors (Lipinski definition) is 9. The summed E-state index contributed by atoms with van der Waals surface area (Å²) >= 11 is 0. The zero-order valence-corrected chi connectivity index (χ0v) is 28.8. The lowest BCUT2D eigenvalue weighted by atomic mass is 9.91. The van der Waals surface area contributed by atoms with Crippen molar-refractivity contribution in [2.45, 2.75) is 61.8 Å². The van der Waals surface area contributed by atoms with Gasteiger partial charge in [0.15, 0.2) is 21.3 Å². The van der Waals surface area contributed by atoms with Crippen LogP contribution < -0.4 is 25.4 Å². The summed E-state index contributed by atoms with van der Waals surface area (Å²) in [7, 11) is 0.509. The van der Waals surface area contributed by atoms with Gasteiger partial charge in [-0.25, -0.2) is 13.2 Å². The van der Waals surface area contributed by atoms with E-state index >= 15 is 0 Å². The van der Waals surface area contributed by atoms with Crippen LogP contribution in [0.15, 0.2) is 59.5 Å². The van der Waals surface area contributed by atoms with Gasteiger partial charge in [-0.15, -0.1) is 0 Å². The Hall–Kier alpha value is -4.78. The zero-order valence-electron chi connectivity index (χ0n) is 28.0. The van der Waals surface area contributed by atoms with Gasteiger partial charge in [0.2, 0.25) is 5.91 Å². The molecule has 13 heteroatoms. The monoisotopic (exact) mass is 678 g/mol. The summed E-state index contributed by atoms with van der Waals surface area (Å²) in [4.78, 5) is 41.4. The maximum atomic E-state index is 14.8. The van der Waals surface area contributed by atoms with E-state index in [0.717, 1.165) is 5.56 Å². The largest absolute Gasteiger partial charge is 0.493 e. The van der Waals surface area contributed by atoms with Crippen molar-refractivity contribution in [3.8, 4) is 11.5 Å². The second-order valence-electron chi connectivity index (χ2n) is 12.3. The molecule has 0 saturated carbocycles. The Bertz CT molecular complexity index is 1830. The van der Waals surface area contributed by atoms with Gasteiger partial charge in [-0.2, -0.15) is 0 Å². The van der Waals surface area contributed by atoms with Crippen molar-refractivity contribution in [1.29, 1.82) is 0 Å². The van der Waals surface area contributed by atoms with Gasteiger partial charge >= 0.3 is 6.09 Å². The first-order chi connectivity index (χ1) is 22.9. The summed E-state index contributed by atoms with van der Waals surface area (Å²) in [5.74, 6) is 0.572. The van der Waals surface area contributed by atoms with E-state index in [2.05, 4.69) is 16.0 Å². The van der Waals surface area contributed by atoms with Crippen molar-refractivity contribution in [2.24, 2.45) is 0 Å². The summed E-state index contributed by atoms with van der Waals surface area (Å²) in [5.41, 5.74) is 3.36. The SMILES string of the molecule is COC(=O)Nc1ccc(S(=O)(=O)C(C)C)c([C@H]2CCCN2C(=O)[C@H](Nc2ccc3c(c2)C(=O)NC[C@@H]3C)c2ccc(OC)c(OC)c2)c1. The molecule has 48 heavy (non-hydrogen) atoms.